The van der Waals surface area contributed by atoms with Crippen LogP contribution >= 0.6 is 37.2 Å². The standard InChI is InChI=1S/C10H6F3N.3ClH/c11-10(12,13)8-4-3-7-2-1-5-14-9(7)6-8;;;/h1-6H;3*1H. The van der Waals surface area contributed by atoms with Gasteiger partial charge in [-0.25, -0.2) is 0 Å². The molecule has 0 unspecified atom stereocenters. The quantitative estimate of drug-likeness (QED) is 0.697. The molecule has 1 aromatic heterocycles. The number of benzene rings is 1. The van der Waals surface area contributed by atoms with Crippen LogP contribution in [0.4, 0.5) is 13.2 Å². The summed E-state index contributed by atoms with van der Waals surface area (Å²) < 4.78 is 36.9. The monoisotopic (exact) mass is 305 g/mol. The van der Waals surface area contributed by atoms with Crippen LogP contribution in [0.1, 0.15) is 5.56 Å². The maximum absolute atomic E-state index is 12.3. The molecule has 0 saturated carbocycles. The molecule has 0 aliphatic heterocycles. The number of pyridine rings is 1. The molecule has 2 rings (SSSR count). The Morgan fingerprint density at radius 2 is 1.59 bits per heavy atom. The molecule has 17 heavy (non-hydrogen) atoms. The van der Waals surface area contributed by atoms with Crippen molar-refractivity contribution in [1.82, 2.24) is 4.98 Å². The van der Waals surface area contributed by atoms with E-state index < -0.39 is 11.7 Å². The van der Waals surface area contributed by atoms with Crippen LogP contribution in [0.15, 0.2) is 36.5 Å². The third-order valence-corrected chi connectivity index (χ3v) is 1.93. The van der Waals surface area contributed by atoms with Crippen molar-refractivity contribution >= 4 is 48.1 Å². The molecule has 0 fully saturated rings. The highest BCUT2D eigenvalue weighted by molar-refractivity contribution is 5.86. The van der Waals surface area contributed by atoms with Crippen molar-refractivity contribution in [3.63, 3.8) is 0 Å². The third kappa shape index (κ3) is 4.22. The molecule has 0 saturated heterocycles. The lowest BCUT2D eigenvalue weighted by Crippen LogP contribution is -2.04. The highest BCUT2D eigenvalue weighted by atomic mass is 35.5. The highest BCUT2D eigenvalue weighted by Crippen LogP contribution is 2.30. The SMILES string of the molecule is Cl.Cl.Cl.FC(F)(F)c1ccc2cccnc2c1. The summed E-state index contributed by atoms with van der Waals surface area (Å²) in [6.45, 7) is 0. The van der Waals surface area contributed by atoms with Gasteiger partial charge in [0.2, 0.25) is 0 Å². The van der Waals surface area contributed by atoms with Crippen molar-refractivity contribution in [2.24, 2.45) is 0 Å². The molecule has 0 amide bonds. The summed E-state index contributed by atoms with van der Waals surface area (Å²) in [5.41, 5.74) is -0.300. The Bertz CT molecular complexity index is 474. The van der Waals surface area contributed by atoms with Crippen LogP contribution in [0.25, 0.3) is 10.9 Å². The Kier molecular flexibility index (Phi) is 7.56. The summed E-state index contributed by atoms with van der Waals surface area (Å²) >= 11 is 0. The van der Waals surface area contributed by atoms with Gasteiger partial charge in [0.1, 0.15) is 0 Å². The molecule has 2 aromatic rings. The smallest absolute Gasteiger partial charge is 0.256 e. The van der Waals surface area contributed by atoms with Crippen molar-refractivity contribution < 1.29 is 13.2 Å². The van der Waals surface area contributed by atoms with E-state index in [1.54, 1.807) is 12.1 Å². The van der Waals surface area contributed by atoms with Crippen molar-refractivity contribution in [1.29, 1.82) is 0 Å². The predicted octanol–water partition coefficient (Wildman–Crippen LogP) is 4.52. The zero-order valence-corrected chi connectivity index (χ0v) is 10.7. The summed E-state index contributed by atoms with van der Waals surface area (Å²) in [6.07, 6.45) is -2.83. The van der Waals surface area contributed by atoms with Crippen LogP contribution in [0.2, 0.25) is 0 Å². The maximum atomic E-state index is 12.3. The van der Waals surface area contributed by atoms with E-state index in [9.17, 15) is 13.2 Å². The molecule has 1 nitrogen and oxygen atoms in total. The number of halogens is 6. The van der Waals surface area contributed by atoms with Crippen LogP contribution in [0.5, 0.6) is 0 Å². The second-order valence-corrected chi connectivity index (χ2v) is 2.91. The molecule has 0 N–H and O–H groups in total. The van der Waals surface area contributed by atoms with Crippen LogP contribution in [0.3, 0.4) is 0 Å². The summed E-state index contributed by atoms with van der Waals surface area (Å²) in [5.74, 6) is 0. The first-order valence-electron chi connectivity index (χ1n) is 3.99. The number of alkyl halides is 3. The molecule has 7 heteroatoms. The Morgan fingerprint density at radius 1 is 0.941 bits per heavy atom. The Labute approximate surface area is 115 Å². The topological polar surface area (TPSA) is 12.9 Å². The van der Waals surface area contributed by atoms with Gasteiger partial charge in [-0.3, -0.25) is 4.98 Å². The van der Waals surface area contributed by atoms with E-state index in [-0.39, 0.29) is 37.2 Å². The second kappa shape index (κ2) is 6.89. The van der Waals surface area contributed by atoms with Gasteiger partial charge in [0, 0.05) is 11.6 Å². The fraction of sp³-hybridized carbons (Fsp3) is 0.100. The fourth-order valence-corrected chi connectivity index (χ4v) is 1.24. The normalized spacial score (nSPS) is 9.82. The van der Waals surface area contributed by atoms with Gasteiger partial charge in [0.05, 0.1) is 11.1 Å². The van der Waals surface area contributed by atoms with E-state index in [1.807, 2.05) is 0 Å². The van der Waals surface area contributed by atoms with Crippen LogP contribution in [-0.2, 0) is 6.18 Å². The summed E-state index contributed by atoms with van der Waals surface area (Å²) in [4.78, 5) is 3.86. The second-order valence-electron chi connectivity index (χ2n) is 2.91. The molecule has 96 valence electrons. The lowest BCUT2D eigenvalue weighted by molar-refractivity contribution is -0.137. The summed E-state index contributed by atoms with van der Waals surface area (Å²) in [7, 11) is 0. The maximum Gasteiger partial charge on any atom is 0.416 e. The number of rotatable bonds is 0. The lowest BCUT2D eigenvalue weighted by atomic mass is 10.1. The summed E-state index contributed by atoms with van der Waals surface area (Å²) in [6, 6.07) is 6.95. The van der Waals surface area contributed by atoms with E-state index in [2.05, 4.69) is 4.98 Å². The molecular formula is C10H9Cl3F3N. The molecule has 0 aliphatic carbocycles. The van der Waals surface area contributed by atoms with Crippen LogP contribution < -0.4 is 0 Å². The predicted molar refractivity (Wildman–Crippen MR) is 68.5 cm³/mol. The van der Waals surface area contributed by atoms with E-state index in [0.717, 1.165) is 12.1 Å². The van der Waals surface area contributed by atoms with E-state index in [0.29, 0.717) is 10.9 Å². The minimum atomic E-state index is -4.30. The van der Waals surface area contributed by atoms with Gasteiger partial charge in [-0.05, 0) is 18.2 Å². The average molecular weight is 307 g/mol. The Balaban J connectivity index is 0. The first kappa shape index (κ1) is 18.6. The Hall–Kier alpha value is -0.710. The van der Waals surface area contributed by atoms with Gasteiger partial charge in [0.15, 0.2) is 0 Å². The largest absolute Gasteiger partial charge is 0.416 e. The first-order chi connectivity index (χ1) is 6.57. The number of hydrogen-bond donors (Lipinski definition) is 0. The molecule has 0 bridgehead atoms. The van der Waals surface area contributed by atoms with Gasteiger partial charge >= 0.3 is 6.18 Å². The van der Waals surface area contributed by atoms with Gasteiger partial charge in [-0.2, -0.15) is 13.2 Å². The van der Waals surface area contributed by atoms with Crippen LogP contribution in [-0.4, -0.2) is 4.98 Å². The molecule has 1 heterocycles. The number of fused-ring (bicyclic) bond motifs is 1. The van der Waals surface area contributed by atoms with E-state index >= 15 is 0 Å². The minimum Gasteiger partial charge on any atom is -0.256 e. The first-order valence-corrected chi connectivity index (χ1v) is 3.99. The summed E-state index contributed by atoms with van der Waals surface area (Å²) in [5, 5.41) is 0.709. The highest BCUT2D eigenvalue weighted by Gasteiger charge is 2.30. The average Bonchev–Trinajstić information content (AvgIpc) is 2.16. The number of nitrogens with zero attached hydrogens (tertiary/aromatic N) is 1. The van der Waals surface area contributed by atoms with Gasteiger partial charge in [0.25, 0.3) is 0 Å². The van der Waals surface area contributed by atoms with Crippen molar-refractivity contribution in [2.75, 3.05) is 0 Å². The molecule has 0 aliphatic rings. The molecule has 1 aromatic carbocycles. The molecule has 0 radical (unpaired) electrons. The van der Waals surface area contributed by atoms with Crippen molar-refractivity contribution in [2.45, 2.75) is 6.18 Å². The van der Waals surface area contributed by atoms with Crippen molar-refractivity contribution in [3.8, 4) is 0 Å². The van der Waals surface area contributed by atoms with Crippen LogP contribution in [0, 0.1) is 0 Å². The Morgan fingerprint density at radius 3 is 2.18 bits per heavy atom. The van der Waals surface area contributed by atoms with Gasteiger partial charge < -0.3 is 0 Å². The zero-order valence-electron chi connectivity index (χ0n) is 8.27. The van der Waals surface area contributed by atoms with E-state index in [1.165, 1.54) is 12.3 Å². The van der Waals surface area contributed by atoms with Crippen molar-refractivity contribution in [3.05, 3.63) is 42.1 Å². The number of hydrogen-bond acceptors (Lipinski definition) is 1. The van der Waals surface area contributed by atoms with Gasteiger partial charge in [-0.1, -0.05) is 12.1 Å². The molecule has 0 spiro atoms. The third-order valence-electron chi connectivity index (χ3n) is 1.93. The lowest BCUT2D eigenvalue weighted by Gasteiger charge is -2.06. The molecule has 0 atom stereocenters. The number of aromatic nitrogens is 1. The fourth-order valence-electron chi connectivity index (χ4n) is 1.24. The minimum absolute atomic E-state index is 0. The molecular weight excluding hydrogens is 297 g/mol. The van der Waals surface area contributed by atoms with Gasteiger partial charge in [-0.15, -0.1) is 37.2 Å². The zero-order chi connectivity index (χ0) is 10.2. The van der Waals surface area contributed by atoms with E-state index in [4.69, 9.17) is 0 Å².